The predicted octanol–water partition coefficient (Wildman–Crippen LogP) is 4.99. The number of Topliss-reactive ketones (excluding diaryl/α,β-unsaturated/α-hetero) is 1. The number of fused-ring (bicyclic) bond motifs is 1. The monoisotopic (exact) mass is 447 g/mol. The Morgan fingerprint density at radius 2 is 1.59 bits per heavy atom. The lowest BCUT2D eigenvalue weighted by atomic mass is 9.86. The highest BCUT2D eigenvalue weighted by atomic mass is 16.3. The number of hydrogen-bond donors (Lipinski definition) is 1. The zero-order chi connectivity index (χ0) is 23.3. The van der Waals surface area contributed by atoms with E-state index >= 15 is 0 Å². The van der Waals surface area contributed by atoms with Crippen LogP contribution in [0.3, 0.4) is 0 Å². The number of aliphatic hydroxyl groups is 1. The summed E-state index contributed by atoms with van der Waals surface area (Å²) in [6.07, 6.45) is 2.36. The van der Waals surface area contributed by atoms with Gasteiger partial charge in [0, 0.05) is 17.7 Å². The van der Waals surface area contributed by atoms with Crippen molar-refractivity contribution in [2.45, 2.75) is 31.3 Å². The molecule has 0 aromatic heterocycles. The average Bonchev–Trinajstić information content (AvgIpc) is 3.37. The van der Waals surface area contributed by atoms with Crippen molar-refractivity contribution in [1.29, 1.82) is 0 Å². The van der Waals surface area contributed by atoms with Crippen molar-refractivity contribution in [2.24, 2.45) is 0 Å². The lowest BCUT2D eigenvalue weighted by Crippen LogP contribution is -2.42. The molecule has 0 bridgehead atoms. The Morgan fingerprint density at radius 3 is 2.41 bits per heavy atom. The fourth-order valence-corrected chi connectivity index (χ4v) is 5.60. The normalized spacial score (nSPS) is 18.5. The fraction of sp³-hybridized carbons (Fsp3) is 0.200. The first kappa shape index (κ1) is 20.8. The minimum atomic E-state index is -1.87. The molecule has 6 rings (SSSR count). The van der Waals surface area contributed by atoms with Crippen molar-refractivity contribution in [3.8, 4) is 0 Å². The van der Waals surface area contributed by atoms with E-state index in [1.807, 2.05) is 66.7 Å². The van der Waals surface area contributed by atoms with E-state index in [0.29, 0.717) is 29.8 Å². The highest BCUT2D eigenvalue weighted by Gasteiger charge is 2.50. The van der Waals surface area contributed by atoms with Gasteiger partial charge in [-0.1, -0.05) is 78.9 Å². The van der Waals surface area contributed by atoms with Crippen molar-refractivity contribution in [2.75, 3.05) is 11.4 Å². The van der Waals surface area contributed by atoms with Gasteiger partial charge in [0.1, 0.15) is 0 Å². The van der Waals surface area contributed by atoms with Crippen molar-refractivity contribution < 1.29 is 14.7 Å². The Morgan fingerprint density at radius 1 is 0.853 bits per heavy atom. The Kier molecular flexibility index (Phi) is 4.85. The molecule has 0 unspecified atom stereocenters. The van der Waals surface area contributed by atoms with Crippen LogP contribution in [-0.4, -0.2) is 23.3 Å². The Bertz CT molecular complexity index is 1430. The third-order valence-electron chi connectivity index (χ3n) is 7.30. The van der Waals surface area contributed by atoms with Gasteiger partial charge < -0.3 is 10.0 Å². The molecule has 2 aliphatic rings. The summed E-state index contributed by atoms with van der Waals surface area (Å²) in [5.74, 6) is -0.643. The van der Waals surface area contributed by atoms with Gasteiger partial charge in [0.15, 0.2) is 11.4 Å². The van der Waals surface area contributed by atoms with Gasteiger partial charge in [-0.2, -0.15) is 0 Å². The highest BCUT2D eigenvalue weighted by Crippen LogP contribution is 2.43. The number of carbonyl (C=O) groups is 2. The number of rotatable bonds is 6. The first-order valence-electron chi connectivity index (χ1n) is 11.8. The summed E-state index contributed by atoms with van der Waals surface area (Å²) in [6.45, 7) is 0.442. The molecule has 4 heteroatoms. The van der Waals surface area contributed by atoms with Crippen LogP contribution in [0, 0.1) is 0 Å². The number of benzene rings is 4. The standard InChI is InChI=1S/C30H25NO3/c32-27(23-16-15-22-14-13-21-9-6-10-24(23)28(21)22)19-30(34)25-11-4-5-12-26(25)31(29(30)33)18-17-20-7-2-1-3-8-20/h1-12,15-16,34H,13-14,17-19H2/t30-/m0/s1. The minimum Gasteiger partial charge on any atom is -0.375 e. The minimum absolute atomic E-state index is 0.217. The van der Waals surface area contributed by atoms with Crippen molar-refractivity contribution in [1.82, 2.24) is 0 Å². The average molecular weight is 448 g/mol. The van der Waals surface area contributed by atoms with Gasteiger partial charge in [0.25, 0.3) is 5.91 Å². The molecule has 1 heterocycles. The summed E-state index contributed by atoms with van der Waals surface area (Å²) < 4.78 is 0. The van der Waals surface area contributed by atoms with Gasteiger partial charge in [-0.3, -0.25) is 9.59 Å². The third-order valence-corrected chi connectivity index (χ3v) is 7.30. The maximum atomic E-state index is 13.6. The van der Waals surface area contributed by atoms with Gasteiger partial charge in [0.2, 0.25) is 0 Å². The number of aryl methyl sites for hydroxylation is 2. The van der Waals surface area contributed by atoms with Crippen molar-refractivity contribution >= 4 is 28.2 Å². The SMILES string of the molecule is O=C(C[C@@]1(O)C(=O)N(CCc2ccccc2)c2ccccc21)c1ccc2c3c(cccc13)CC2. The number of hydrogen-bond acceptors (Lipinski definition) is 3. The van der Waals surface area contributed by atoms with Crippen LogP contribution in [0.4, 0.5) is 5.69 Å². The van der Waals surface area contributed by atoms with E-state index in [4.69, 9.17) is 0 Å². The summed E-state index contributed by atoms with van der Waals surface area (Å²) in [7, 11) is 0. The summed E-state index contributed by atoms with van der Waals surface area (Å²) in [4.78, 5) is 28.8. The first-order valence-corrected chi connectivity index (χ1v) is 11.8. The molecule has 4 aromatic carbocycles. The quantitative estimate of drug-likeness (QED) is 0.424. The van der Waals surface area contributed by atoms with Crippen LogP contribution in [0.15, 0.2) is 84.9 Å². The molecule has 1 amide bonds. The molecular formula is C30H25NO3. The predicted molar refractivity (Wildman–Crippen MR) is 133 cm³/mol. The Labute approximate surface area is 198 Å². The summed E-state index contributed by atoms with van der Waals surface area (Å²) >= 11 is 0. The maximum absolute atomic E-state index is 13.6. The third kappa shape index (κ3) is 3.17. The van der Waals surface area contributed by atoms with E-state index in [2.05, 4.69) is 6.07 Å². The number of para-hydroxylation sites is 1. The lowest BCUT2D eigenvalue weighted by molar-refractivity contribution is -0.135. The topological polar surface area (TPSA) is 57.6 Å². The number of ketones is 1. The molecule has 4 aromatic rings. The van der Waals surface area contributed by atoms with Crippen LogP contribution in [0.25, 0.3) is 10.8 Å². The number of amides is 1. The molecule has 0 saturated heterocycles. The number of carbonyl (C=O) groups excluding carboxylic acids is 2. The van der Waals surface area contributed by atoms with Gasteiger partial charge in [-0.25, -0.2) is 0 Å². The summed E-state index contributed by atoms with van der Waals surface area (Å²) in [5.41, 5.74) is 3.53. The molecule has 1 aliphatic carbocycles. The van der Waals surface area contributed by atoms with Crippen molar-refractivity contribution in [3.05, 3.63) is 113 Å². The van der Waals surface area contributed by atoms with Gasteiger partial charge in [-0.15, -0.1) is 0 Å². The zero-order valence-corrected chi connectivity index (χ0v) is 18.8. The largest absolute Gasteiger partial charge is 0.375 e. The molecule has 1 atom stereocenters. The maximum Gasteiger partial charge on any atom is 0.264 e. The number of anilines is 1. The van der Waals surface area contributed by atoms with Crippen LogP contribution in [0.1, 0.15) is 39.0 Å². The van der Waals surface area contributed by atoms with Crippen LogP contribution in [-0.2, 0) is 29.7 Å². The summed E-state index contributed by atoms with van der Waals surface area (Å²) in [6, 6.07) is 27.2. The molecule has 4 nitrogen and oxygen atoms in total. The zero-order valence-electron chi connectivity index (χ0n) is 18.8. The van der Waals surface area contributed by atoms with Gasteiger partial charge in [0.05, 0.1) is 12.1 Å². The van der Waals surface area contributed by atoms with E-state index in [1.165, 1.54) is 11.1 Å². The molecule has 0 spiro atoms. The van der Waals surface area contributed by atoms with E-state index in [9.17, 15) is 14.7 Å². The molecule has 1 N–H and O–H groups in total. The molecule has 0 radical (unpaired) electrons. The van der Waals surface area contributed by atoms with E-state index in [0.717, 1.165) is 29.2 Å². The molecular weight excluding hydrogens is 422 g/mol. The molecule has 0 fully saturated rings. The Balaban J connectivity index is 1.33. The Hall–Kier alpha value is -3.76. The fourth-order valence-electron chi connectivity index (χ4n) is 5.60. The van der Waals surface area contributed by atoms with Crippen LogP contribution >= 0.6 is 0 Å². The van der Waals surface area contributed by atoms with E-state index in [1.54, 1.807) is 17.0 Å². The molecule has 1 aliphatic heterocycles. The van der Waals surface area contributed by atoms with E-state index in [-0.39, 0.29) is 12.2 Å². The first-order chi connectivity index (χ1) is 16.6. The van der Waals surface area contributed by atoms with E-state index < -0.39 is 11.5 Å². The lowest BCUT2D eigenvalue weighted by Gasteiger charge is -2.23. The molecule has 34 heavy (non-hydrogen) atoms. The number of nitrogens with zero attached hydrogens (tertiary/aromatic N) is 1. The van der Waals surface area contributed by atoms with Gasteiger partial charge in [-0.05, 0) is 52.8 Å². The van der Waals surface area contributed by atoms with Gasteiger partial charge >= 0.3 is 0 Å². The van der Waals surface area contributed by atoms with Crippen LogP contribution in [0.2, 0.25) is 0 Å². The second-order valence-electron chi connectivity index (χ2n) is 9.28. The smallest absolute Gasteiger partial charge is 0.264 e. The van der Waals surface area contributed by atoms with Crippen LogP contribution in [0.5, 0.6) is 0 Å². The van der Waals surface area contributed by atoms with Crippen LogP contribution < -0.4 is 4.90 Å². The second-order valence-corrected chi connectivity index (χ2v) is 9.28. The molecule has 168 valence electrons. The molecule has 0 saturated carbocycles. The summed E-state index contributed by atoms with van der Waals surface area (Å²) in [5, 5.41) is 13.8. The highest BCUT2D eigenvalue weighted by molar-refractivity contribution is 6.14. The second kappa shape index (κ2) is 7.93. The van der Waals surface area contributed by atoms with Crippen molar-refractivity contribution in [3.63, 3.8) is 0 Å².